The Hall–Kier alpha value is -2.23. The number of aromatic nitrogens is 2. The summed E-state index contributed by atoms with van der Waals surface area (Å²) in [5.74, 6) is 0.710. The first-order valence-electron chi connectivity index (χ1n) is 6.14. The fourth-order valence-electron chi connectivity index (χ4n) is 1.72. The van der Waals surface area contributed by atoms with E-state index in [2.05, 4.69) is 24.0 Å². The van der Waals surface area contributed by atoms with E-state index in [0.29, 0.717) is 23.1 Å². The van der Waals surface area contributed by atoms with Gasteiger partial charge < -0.3 is 4.74 Å². The Labute approximate surface area is 112 Å². The van der Waals surface area contributed by atoms with Crippen molar-refractivity contribution in [3.63, 3.8) is 0 Å². The molecule has 0 atom stereocenters. The maximum absolute atomic E-state index is 12.2. The van der Waals surface area contributed by atoms with Gasteiger partial charge in [0.15, 0.2) is 0 Å². The number of ether oxygens (including phenoxy) is 1. The van der Waals surface area contributed by atoms with Gasteiger partial charge in [-0.05, 0) is 17.5 Å². The molecule has 19 heavy (non-hydrogen) atoms. The van der Waals surface area contributed by atoms with Gasteiger partial charge in [-0.25, -0.2) is 0 Å². The molecule has 1 heterocycles. The fraction of sp³-hybridized carbons (Fsp3) is 0.267. The first-order valence-corrected chi connectivity index (χ1v) is 6.14. The van der Waals surface area contributed by atoms with Crippen molar-refractivity contribution in [3.05, 3.63) is 53.2 Å². The minimum absolute atomic E-state index is 0.134. The van der Waals surface area contributed by atoms with Crippen LogP contribution in [0, 0.1) is 0 Å². The Morgan fingerprint density at radius 3 is 2.21 bits per heavy atom. The molecule has 0 radical (unpaired) electrons. The van der Waals surface area contributed by atoms with Crippen LogP contribution >= 0.6 is 0 Å². The molecule has 0 fully saturated rings. The molecule has 2 rings (SSSR count). The number of ketones is 1. The van der Waals surface area contributed by atoms with Gasteiger partial charge in [-0.1, -0.05) is 38.1 Å². The zero-order chi connectivity index (χ0) is 13.8. The van der Waals surface area contributed by atoms with E-state index in [0.717, 1.165) is 0 Å². The van der Waals surface area contributed by atoms with Crippen molar-refractivity contribution >= 4 is 5.78 Å². The van der Waals surface area contributed by atoms with Crippen molar-refractivity contribution in [1.82, 2.24) is 10.2 Å². The highest BCUT2D eigenvalue weighted by atomic mass is 16.5. The summed E-state index contributed by atoms with van der Waals surface area (Å²) < 4.78 is 4.91. The number of methoxy groups -OCH3 is 1. The van der Waals surface area contributed by atoms with Crippen LogP contribution in [0.1, 0.15) is 41.4 Å². The lowest BCUT2D eigenvalue weighted by molar-refractivity contribution is 0.103. The molecule has 0 bridgehead atoms. The lowest BCUT2D eigenvalue weighted by Gasteiger charge is -2.06. The first kappa shape index (κ1) is 13.2. The Bertz CT molecular complexity index is 560. The van der Waals surface area contributed by atoms with E-state index < -0.39 is 0 Å². The van der Waals surface area contributed by atoms with Gasteiger partial charge in [0, 0.05) is 11.6 Å². The van der Waals surface area contributed by atoms with E-state index in [-0.39, 0.29) is 5.78 Å². The molecular formula is C15H16N2O2. The van der Waals surface area contributed by atoms with Gasteiger partial charge in [-0.15, -0.1) is 10.2 Å². The fourth-order valence-corrected chi connectivity index (χ4v) is 1.72. The third kappa shape index (κ3) is 2.96. The number of hydrogen-bond donors (Lipinski definition) is 0. The number of carbonyl (C=O) groups excluding carboxylic acids is 1. The van der Waals surface area contributed by atoms with Gasteiger partial charge in [0.05, 0.1) is 7.11 Å². The molecule has 98 valence electrons. The smallest absolute Gasteiger partial charge is 0.233 e. The van der Waals surface area contributed by atoms with Crippen LogP contribution in [0.3, 0.4) is 0 Å². The van der Waals surface area contributed by atoms with Crippen LogP contribution < -0.4 is 4.74 Å². The molecule has 0 saturated heterocycles. The maximum Gasteiger partial charge on any atom is 0.233 e. The second-order valence-electron chi connectivity index (χ2n) is 4.57. The topological polar surface area (TPSA) is 52.1 Å². The molecule has 0 N–H and O–H groups in total. The van der Waals surface area contributed by atoms with Crippen molar-refractivity contribution in [1.29, 1.82) is 0 Å². The van der Waals surface area contributed by atoms with E-state index in [9.17, 15) is 4.79 Å². The van der Waals surface area contributed by atoms with Crippen molar-refractivity contribution in [3.8, 4) is 5.88 Å². The largest absolute Gasteiger partial charge is 0.480 e. The average Bonchev–Trinajstić information content (AvgIpc) is 2.46. The summed E-state index contributed by atoms with van der Waals surface area (Å²) in [6.45, 7) is 4.23. The molecule has 0 aliphatic heterocycles. The normalized spacial score (nSPS) is 10.5. The molecule has 1 aromatic heterocycles. The summed E-state index contributed by atoms with van der Waals surface area (Å²) in [6.07, 6.45) is 0. The highest BCUT2D eigenvalue weighted by Crippen LogP contribution is 2.16. The first-order chi connectivity index (χ1) is 9.11. The standard InChI is InChI=1S/C15H16N2O2/c1-10(2)11-4-6-12(7-5-11)15(18)13-8-9-14(19-3)17-16-13/h4-10H,1-3H3. The summed E-state index contributed by atoms with van der Waals surface area (Å²) in [5, 5.41) is 7.66. The van der Waals surface area contributed by atoms with Crippen LogP contribution in [0.5, 0.6) is 5.88 Å². The van der Waals surface area contributed by atoms with Crippen LogP contribution in [0.4, 0.5) is 0 Å². The molecule has 0 spiro atoms. The van der Waals surface area contributed by atoms with E-state index in [1.807, 2.05) is 24.3 Å². The van der Waals surface area contributed by atoms with E-state index in [1.165, 1.54) is 12.7 Å². The summed E-state index contributed by atoms with van der Waals surface area (Å²) in [7, 11) is 1.51. The van der Waals surface area contributed by atoms with Crippen molar-refractivity contribution in [2.45, 2.75) is 19.8 Å². The average molecular weight is 256 g/mol. The second-order valence-corrected chi connectivity index (χ2v) is 4.57. The van der Waals surface area contributed by atoms with Crippen molar-refractivity contribution < 1.29 is 9.53 Å². The minimum atomic E-state index is -0.134. The molecule has 0 aliphatic carbocycles. The Balaban J connectivity index is 2.22. The van der Waals surface area contributed by atoms with Crippen LogP contribution in [0.2, 0.25) is 0 Å². The van der Waals surface area contributed by atoms with E-state index in [4.69, 9.17) is 4.74 Å². The highest BCUT2D eigenvalue weighted by molar-refractivity contribution is 6.07. The zero-order valence-corrected chi connectivity index (χ0v) is 11.3. The molecule has 4 nitrogen and oxygen atoms in total. The lowest BCUT2D eigenvalue weighted by Crippen LogP contribution is -2.06. The van der Waals surface area contributed by atoms with Gasteiger partial charge >= 0.3 is 0 Å². The van der Waals surface area contributed by atoms with E-state index >= 15 is 0 Å². The van der Waals surface area contributed by atoms with Gasteiger partial charge in [-0.2, -0.15) is 0 Å². The molecule has 4 heteroatoms. The Kier molecular flexibility index (Phi) is 3.90. The molecule has 0 unspecified atom stereocenters. The number of carbonyl (C=O) groups is 1. The van der Waals surface area contributed by atoms with Crippen molar-refractivity contribution in [2.24, 2.45) is 0 Å². The predicted octanol–water partition coefficient (Wildman–Crippen LogP) is 2.84. The van der Waals surface area contributed by atoms with Crippen molar-refractivity contribution in [2.75, 3.05) is 7.11 Å². The zero-order valence-electron chi connectivity index (χ0n) is 11.3. The van der Waals surface area contributed by atoms with E-state index in [1.54, 1.807) is 12.1 Å². The molecule has 0 aliphatic rings. The summed E-state index contributed by atoms with van der Waals surface area (Å²) in [5.41, 5.74) is 2.14. The van der Waals surface area contributed by atoms with Gasteiger partial charge in [0.2, 0.25) is 11.7 Å². The summed E-state index contributed by atoms with van der Waals surface area (Å²) >= 11 is 0. The maximum atomic E-state index is 12.2. The van der Waals surface area contributed by atoms with Crippen LogP contribution in [-0.2, 0) is 0 Å². The number of benzene rings is 1. The summed E-state index contributed by atoms with van der Waals surface area (Å²) in [6, 6.07) is 10.8. The highest BCUT2D eigenvalue weighted by Gasteiger charge is 2.11. The molecule has 0 amide bonds. The monoisotopic (exact) mass is 256 g/mol. The molecule has 0 saturated carbocycles. The third-order valence-corrected chi connectivity index (χ3v) is 2.92. The van der Waals surface area contributed by atoms with Crippen LogP contribution in [0.25, 0.3) is 0 Å². The molecule has 1 aromatic carbocycles. The van der Waals surface area contributed by atoms with Crippen LogP contribution in [0.15, 0.2) is 36.4 Å². The Morgan fingerprint density at radius 2 is 1.74 bits per heavy atom. The number of nitrogens with zero attached hydrogens (tertiary/aromatic N) is 2. The molecule has 2 aromatic rings. The summed E-state index contributed by atoms with van der Waals surface area (Å²) in [4.78, 5) is 12.2. The predicted molar refractivity (Wildman–Crippen MR) is 72.5 cm³/mol. The van der Waals surface area contributed by atoms with Gasteiger partial charge in [0.25, 0.3) is 0 Å². The van der Waals surface area contributed by atoms with Gasteiger partial charge in [-0.3, -0.25) is 4.79 Å². The molecular weight excluding hydrogens is 240 g/mol. The lowest BCUT2D eigenvalue weighted by atomic mass is 10.00. The second kappa shape index (κ2) is 5.61. The SMILES string of the molecule is COc1ccc(C(=O)c2ccc(C(C)C)cc2)nn1. The number of rotatable bonds is 4. The van der Waals surface area contributed by atoms with Gasteiger partial charge in [0.1, 0.15) is 5.69 Å². The minimum Gasteiger partial charge on any atom is -0.480 e. The number of hydrogen-bond acceptors (Lipinski definition) is 4. The third-order valence-electron chi connectivity index (χ3n) is 2.92. The van der Waals surface area contributed by atoms with Crippen LogP contribution in [-0.4, -0.2) is 23.1 Å². The quantitative estimate of drug-likeness (QED) is 0.789. The Morgan fingerprint density at radius 1 is 1.05 bits per heavy atom.